The van der Waals surface area contributed by atoms with Gasteiger partial charge < -0.3 is 9.84 Å². The molecule has 0 saturated carbocycles. The van der Waals surface area contributed by atoms with E-state index in [1.165, 1.54) is 0 Å². The maximum absolute atomic E-state index is 11.6. The van der Waals surface area contributed by atoms with E-state index in [1.54, 1.807) is 0 Å². The number of aliphatic carboxylic acids is 1. The van der Waals surface area contributed by atoms with Gasteiger partial charge >= 0.3 is 5.97 Å². The molecule has 0 bridgehead atoms. The number of hydrogen-bond donors (Lipinski definition) is 1. The Kier molecular flexibility index (Phi) is 3.65. The first-order chi connectivity index (χ1) is 11.9. The Morgan fingerprint density at radius 1 is 1.44 bits per heavy atom. The predicted molar refractivity (Wildman–Crippen MR) is 94.3 cm³/mol. The van der Waals surface area contributed by atoms with Crippen LogP contribution < -0.4 is 0 Å². The normalized spacial score (nSPS) is 20.8. The highest BCUT2D eigenvalue weighted by atomic mass is 35.5. The topological polar surface area (TPSA) is 64.4 Å². The molecule has 1 N–H and O–H groups in total. The van der Waals surface area contributed by atoms with Gasteiger partial charge in [0.1, 0.15) is 5.76 Å². The van der Waals surface area contributed by atoms with Crippen molar-refractivity contribution in [1.29, 1.82) is 0 Å². The second-order valence-electron chi connectivity index (χ2n) is 7.19. The summed E-state index contributed by atoms with van der Waals surface area (Å²) < 4.78 is 7.65. The molecule has 0 fully saturated rings. The fraction of sp³-hybridized carbons (Fsp3) is 0.368. The number of ether oxygens (including phenoxy) is 1. The van der Waals surface area contributed by atoms with Crippen LogP contribution >= 0.6 is 11.6 Å². The Morgan fingerprint density at radius 2 is 2.24 bits per heavy atom. The zero-order chi connectivity index (χ0) is 17.8. The lowest BCUT2D eigenvalue weighted by atomic mass is 9.76. The summed E-state index contributed by atoms with van der Waals surface area (Å²) in [6.45, 7) is 4.46. The highest BCUT2D eigenvalue weighted by Gasteiger charge is 2.50. The minimum atomic E-state index is -0.931. The van der Waals surface area contributed by atoms with Crippen molar-refractivity contribution >= 4 is 23.1 Å². The van der Waals surface area contributed by atoms with E-state index in [2.05, 4.69) is 0 Å². The molecule has 1 aliphatic carbocycles. The second kappa shape index (κ2) is 5.63. The minimum Gasteiger partial charge on any atom is -0.482 e. The third-order valence-electron chi connectivity index (χ3n) is 4.99. The van der Waals surface area contributed by atoms with Crippen molar-refractivity contribution in [1.82, 2.24) is 9.78 Å². The molecular weight excluding hydrogens is 340 g/mol. The van der Waals surface area contributed by atoms with Crippen molar-refractivity contribution < 1.29 is 14.6 Å². The summed E-state index contributed by atoms with van der Waals surface area (Å²) in [5.41, 5.74) is 3.42. The number of rotatable bonds is 3. The quantitative estimate of drug-likeness (QED) is 0.907. The Hall–Kier alpha value is -2.27. The maximum atomic E-state index is 11.6. The molecule has 1 aromatic heterocycles. The number of carbonyl (C=O) groups is 1. The van der Waals surface area contributed by atoms with Gasteiger partial charge in [-0.1, -0.05) is 37.6 Å². The minimum absolute atomic E-state index is 0.606. The summed E-state index contributed by atoms with van der Waals surface area (Å²) >= 11 is 6.06. The molecule has 130 valence electrons. The maximum Gasteiger partial charge on any atom is 0.345 e. The molecule has 4 rings (SSSR count). The van der Waals surface area contributed by atoms with Crippen LogP contribution in [-0.2, 0) is 22.5 Å². The molecule has 2 aromatic rings. The summed E-state index contributed by atoms with van der Waals surface area (Å²) in [6.07, 6.45) is 2.72. The number of fused-ring (bicyclic) bond motifs is 2. The molecule has 5 nitrogen and oxygen atoms in total. The van der Waals surface area contributed by atoms with Crippen LogP contribution in [0.2, 0.25) is 5.02 Å². The molecule has 6 heteroatoms. The average Bonchev–Trinajstić information content (AvgIpc) is 3.04. The molecule has 1 atom stereocenters. The number of hydrogen-bond acceptors (Lipinski definition) is 3. The average molecular weight is 359 g/mol. The number of carboxylic acid groups (broad SMARTS) is 1. The van der Waals surface area contributed by atoms with Gasteiger partial charge in [0.2, 0.25) is 6.10 Å². The van der Waals surface area contributed by atoms with E-state index in [0.717, 1.165) is 41.0 Å². The highest BCUT2D eigenvalue weighted by Crippen LogP contribution is 2.51. The first-order valence-corrected chi connectivity index (χ1v) is 8.68. The molecule has 0 spiro atoms. The highest BCUT2D eigenvalue weighted by molar-refractivity contribution is 6.30. The zero-order valence-corrected chi connectivity index (χ0v) is 14.9. The Morgan fingerprint density at radius 3 is 2.96 bits per heavy atom. The van der Waals surface area contributed by atoms with Crippen LogP contribution in [0.3, 0.4) is 0 Å². The van der Waals surface area contributed by atoms with Crippen LogP contribution in [0.15, 0.2) is 36.2 Å². The third-order valence-corrected chi connectivity index (χ3v) is 5.23. The van der Waals surface area contributed by atoms with E-state index in [4.69, 9.17) is 21.4 Å². The number of aryl methyl sites for hydroxylation is 1. The first kappa shape index (κ1) is 16.2. The van der Waals surface area contributed by atoms with Crippen LogP contribution in [-0.4, -0.2) is 27.0 Å². The van der Waals surface area contributed by atoms with Crippen molar-refractivity contribution in [3.05, 3.63) is 58.1 Å². The smallest absolute Gasteiger partial charge is 0.345 e. The van der Waals surface area contributed by atoms with Crippen molar-refractivity contribution in [3.63, 3.8) is 0 Å². The fourth-order valence-electron chi connectivity index (χ4n) is 3.83. The van der Waals surface area contributed by atoms with Gasteiger partial charge in [-0.3, -0.25) is 4.68 Å². The molecule has 1 aliphatic heterocycles. The SMILES string of the molecule is CC1(C)C2=C(CCc3cn(Cc4cccc(Cl)c4)nc32)OC1C(=O)O. The molecule has 0 saturated heterocycles. The lowest BCUT2D eigenvalue weighted by Crippen LogP contribution is -2.34. The van der Waals surface area contributed by atoms with Gasteiger partial charge in [0.15, 0.2) is 0 Å². The number of nitrogens with zero attached hydrogens (tertiary/aromatic N) is 2. The van der Waals surface area contributed by atoms with E-state index in [9.17, 15) is 9.90 Å². The van der Waals surface area contributed by atoms with Crippen LogP contribution in [0.25, 0.3) is 5.57 Å². The van der Waals surface area contributed by atoms with Crippen molar-refractivity contribution in [3.8, 4) is 0 Å². The number of carboxylic acids is 1. The Balaban J connectivity index is 1.69. The van der Waals surface area contributed by atoms with Crippen LogP contribution in [0.5, 0.6) is 0 Å². The van der Waals surface area contributed by atoms with Crippen LogP contribution in [0.4, 0.5) is 0 Å². The summed E-state index contributed by atoms with van der Waals surface area (Å²) in [7, 11) is 0. The summed E-state index contributed by atoms with van der Waals surface area (Å²) in [5.74, 6) is -0.155. The standard InChI is InChI=1S/C19H19ClN2O3/c1-19(2)15-14(25-17(19)18(23)24)7-6-12-10-22(21-16(12)15)9-11-4-3-5-13(20)8-11/h3-5,8,10,17H,6-7,9H2,1-2H3,(H,23,24). The predicted octanol–water partition coefficient (Wildman–Crippen LogP) is 3.75. The molecule has 1 aromatic carbocycles. The Labute approximate surface area is 150 Å². The van der Waals surface area contributed by atoms with E-state index in [1.807, 2.05) is 49.0 Å². The third kappa shape index (κ3) is 2.63. The Bertz CT molecular complexity index is 898. The van der Waals surface area contributed by atoms with Crippen molar-refractivity contribution in [2.45, 2.75) is 39.3 Å². The van der Waals surface area contributed by atoms with Gasteiger partial charge in [0.25, 0.3) is 0 Å². The first-order valence-electron chi connectivity index (χ1n) is 8.30. The fourth-order valence-corrected chi connectivity index (χ4v) is 4.04. The number of aromatic nitrogens is 2. The molecule has 2 heterocycles. The summed E-state index contributed by atoms with van der Waals surface area (Å²) in [6, 6.07) is 7.71. The lowest BCUT2D eigenvalue weighted by Gasteiger charge is -2.25. The number of benzene rings is 1. The van der Waals surface area contributed by atoms with Gasteiger partial charge in [-0.2, -0.15) is 5.10 Å². The molecule has 0 radical (unpaired) electrons. The van der Waals surface area contributed by atoms with Crippen molar-refractivity contribution in [2.24, 2.45) is 5.41 Å². The zero-order valence-electron chi connectivity index (χ0n) is 14.1. The molecule has 2 aliphatic rings. The van der Waals surface area contributed by atoms with Crippen molar-refractivity contribution in [2.75, 3.05) is 0 Å². The molecule has 1 unspecified atom stereocenters. The van der Waals surface area contributed by atoms with Gasteiger partial charge in [-0.15, -0.1) is 0 Å². The van der Waals surface area contributed by atoms with Crippen LogP contribution in [0.1, 0.15) is 37.1 Å². The monoisotopic (exact) mass is 358 g/mol. The molecular formula is C19H19ClN2O3. The van der Waals surface area contributed by atoms with Gasteiger partial charge in [0, 0.05) is 28.6 Å². The second-order valence-corrected chi connectivity index (χ2v) is 7.62. The largest absolute Gasteiger partial charge is 0.482 e. The molecule has 25 heavy (non-hydrogen) atoms. The summed E-state index contributed by atoms with van der Waals surface area (Å²) in [5, 5.41) is 14.9. The summed E-state index contributed by atoms with van der Waals surface area (Å²) in [4.78, 5) is 11.6. The van der Waals surface area contributed by atoms with E-state index in [0.29, 0.717) is 11.6 Å². The number of halogens is 1. The van der Waals surface area contributed by atoms with Crippen LogP contribution in [0, 0.1) is 5.41 Å². The van der Waals surface area contributed by atoms with E-state index in [-0.39, 0.29) is 0 Å². The van der Waals surface area contributed by atoms with Gasteiger partial charge in [-0.05, 0) is 29.7 Å². The van der Waals surface area contributed by atoms with Gasteiger partial charge in [-0.25, -0.2) is 4.79 Å². The molecule has 0 amide bonds. The lowest BCUT2D eigenvalue weighted by molar-refractivity contribution is -0.150. The number of allylic oxidation sites excluding steroid dienone is 1. The van der Waals surface area contributed by atoms with E-state index < -0.39 is 17.5 Å². The van der Waals surface area contributed by atoms with E-state index >= 15 is 0 Å². The van der Waals surface area contributed by atoms with Gasteiger partial charge in [0.05, 0.1) is 12.2 Å².